The first-order valence-electron chi connectivity index (χ1n) is 11.0. The van der Waals surface area contributed by atoms with Gasteiger partial charge in [0.15, 0.2) is 0 Å². The van der Waals surface area contributed by atoms with Crippen molar-refractivity contribution in [2.24, 2.45) is 0 Å². The molecule has 6 heteroatoms. The van der Waals surface area contributed by atoms with Crippen LogP contribution in [0.1, 0.15) is 12.1 Å². The Hall–Kier alpha value is -2.67. The second kappa shape index (κ2) is 9.22. The Labute approximate surface area is 183 Å². The molecule has 0 spiro atoms. The molecule has 3 aromatic rings. The van der Waals surface area contributed by atoms with Crippen molar-refractivity contribution in [1.29, 1.82) is 0 Å². The summed E-state index contributed by atoms with van der Waals surface area (Å²) in [5, 5.41) is 1.19. The lowest BCUT2D eigenvalue weighted by Crippen LogP contribution is -2.36. The molecular formula is C25H29N3O3. The molecule has 0 amide bonds. The van der Waals surface area contributed by atoms with Crippen LogP contribution in [0, 0.1) is 0 Å². The van der Waals surface area contributed by atoms with Crippen molar-refractivity contribution < 1.29 is 14.2 Å². The van der Waals surface area contributed by atoms with Crippen LogP contribution in [0.25, 0.3) is 27.7 Å². The van der Waals surface area contributed by atoms with Gasteiger partial charge in [-0.1, -0.05) is 18.2 Å². The standard InChI is InChI=1S/C25H29N3O3/c1-29-14-9-28-8-5-22-24(28)18-23(26-25(22)19-6-12-30-13-7-19)20-3-2-4-21(17-20)27-10-15-31-16-11-27/h2-6,8,17-18H,7,9-16H2,1H3. The highest BCUT2D eigenvalue weighted by atomic mass is 16.5. The number of methoxy groups -OCH3 is 1. The van der Waals surface area contributed by atoms with Crippen LogP contribution in [0.5, 0.6) is 0 Å². The molecule has 162 valence electrons. The van der Waals surface area contributed by atoms with E-state index in [1.165, 1.54) is 22.2 Å². The zero-order valence-electron chi connectivity index (χ0n) is 18.0. The molecule has 1 aromatic carbocycles. The third kappa shape index (κ3) is 4.24. The number of nitrogens with zero attached hydrogens (tertiary/aromatic N) is 3. The molecule has 5 rings (SSSR count). The van der Waals surface area contributed by atoms with Crippen molar-refractivity contribution in [1.82, 2.24) is 9.55 Å². The SMILES string of the molecule is COCCn1ccc2c(C3=CCOCC3)nc(-c3cccc(N4CCOCC4)c3)cc21. The van der Waals surface area contributed by atoms with Gasteiger partial charge in [0, 0.05) is 49.6 Å². The molecule has 0 bridgehead atoms. The molecule has 0 aliphatic carbocycles. The third-order valence-corrected chi connectivity index (χ3v) is 6.09. The maximum atomic E-state index is 5.55. The molecule has 0 N–H and O–H groups in total. The van der Waals surface area contributed by atoms with Gasteiger partial charge in [-0.15, -0.1) is 0 Å². The van der Waals surface area contributed by atoms with Gasteiger partial charge >= 0.3 is 0 Å². The van der Waals surface area contributed by atoms with Gasteiger partial charge in [-0.25, -0.2) is 4.98 Å². The maximum Gasteiger partial charge on any atom is 0.0761 e. The van der Waals surface area contributed by atoms with E-state index in [1.54, 1.807) is 7.11 Å². The van der Waals surface area contributed by atoms with E-state index in [4.69, 9.17) is 19.2 Å². The fraction of sp³-hybridized carbons (Fsp3) is 0.400. The molecule has 2 aliphatic heterocycles. The van der Waals surface area contributed by atoms with Gasteiger partial charge in [-0.2, -0.15) is 0 Å². The fourth-order valence-corrected chi connectivity index (χ4v) is 4.39. The summed E-state index contributed by atoms with van der Waals surface area (Å²) in [6.07, 6.45) is 5.21. The highest BCUT2D eigenvalue weighted by molar-refractivity contribution is 5.93. The molecule has 1 fully saturated rings. The number of pyridine rings is 1. The van der Waals surface area contributed by atoms with E-state index in [1.807, 2.05) is 0 Å². The number of rotatable bonds is 6. The largest absolute Gasteiger partial charge is 0.383 e. The molecule has 0 atom stereocenters. The summed E-state index contributed by atoms with van der Waals surface area (Å²) in [6, 6.07) is 13.1. The lowest BCUT2D eigenvalue weighted by Gasteiger charge is -2.29. The summed E-state index contributed by atoms with van der Waals surface area (Å²) in [5.41, 5.74) is 6.91. The summed E-state index contributed by atoms with van der Waals surface area (Å²) in [4.78, 5) is 7.55. The van der Waals surface area contributed by atoms with E-state index >= 15 is 0 Å². The van der Waals surface area contributed by atoms with Gasteiger partial charge in [-0.05, 0) is 36.3 Å². The van der Waals surface area contributed by atoms with Crippen LogP contribution in [-0.4, -0.2) is 62.8 Å². The topological polar surface area (TPSA) is 48.8 Å². The van der Waals surface area contributed by atoms with E-state index in [-0.39, 0.29) is 0 Å². The Balaban J connectivity index is 1.60. The lowest BCUT2D eigenvalue weighted by molar-refractivity contribution is 0.122. The van der Waals surface area contributed by atoms with Gasteiger partial charge in [-0.3, -0.25) is 0 Å². The monoisotopic (exact) mass is 419 g/mol. The summed E-state index contributed by atoms with van der Waals surface area (Å²) < 4.78 is 18.7. The molecule has 31 heavy (non-hydrogen) atoms. The minimum Gasteiger partial charge on any atom is -0.383 e. The minimum absolute atomic E-state index is 0.652. The van der Waals surface area contributed by atoms with Gasteiger partial charge < -0.3 is 23.7 Å². The van der Waals surface area contributed by atoms with Crippen molar-refractivity contribution in [3.8, 4) is 11.3 Å². The first-order valence-corrected chi connectivity index (χ1v) is 11.0. The lowest BCUT2D eigenvalue weighted by atomic mass is 10.0. The smallest absolute Gasteiger partial charge is 0.0761 e. The van der Waals surface area contributed by atoms with Crippen molar-refractivity contribution >= 4 is 22.2 Å². The third-order valence-electron chi connectivity index (χ3n) is 6.09. The Morgan fingerprint density at radius 3 is 2.77 bits per heavy atom. The van der Waals surface area contributed by atoms with E-state index in [0.717, 1.165) is 62.8 Å². The van der Waals surface area contributed by atoms with Crippen LogP contribution in [0.15, 0.2) is 48.7 Å². The van der Waals surface area contributed by atoms with Crippen LogP contribution < -0.4 is 4.90 Å². The zero-order valence-corrected chi connectivity index (χ0v) is 18.0. The number of anilines is 1. The Morgan fingerprint density at radius 2 is 1.97 bits per heavy atom. The molecule has 1 saturated heterocycles. The number of hydrogen-bond donors (Lipinski definition) is 0. The predicted octanol–water partition coefficient (Wildman–Crippen LogP) is 3.99. The molecule has 4 heterocycles. The highest BCUT2D eigenvalue weighted by Crippen LogP contribution is 2.33. The van der Waals surface area contributed by atoms with Crippen LogP contribution in [-0.2, 0) is 20.8 Å². The van der Waals surface area contributed by atoms with Crippen LogP contribution in [0.3, 0.4) is 0 Å². The van der Waals surface area contributed by atoms with Crippen molar-refractivity contribution in [3.05, 3.63) is 54.4 Å². The van der Waals surface area contributed by atoms with Crippen molar-refractivity contribution in [2.75, 3.05) is 58.1 Å². The molecule has 2 aliphatic rings. The first-order chi connectivity index (χ1) is 15.3. The summed E-state index contributed by atoms with van der Waals surface area (Å²) in [6.45, 7) is 6.31. The quantitative estimate of drug-likeness (QED) is 0.605. The van der Waals surface area contributed by atoms with Crippen LogP contribution in [0.2, 0.25) is 0 Å². The zero-order chi connectivity index (χ0) is 21.0. The van der Waals surface area contributed by atoms with Crippen molar-refractivity contribution in [3.63, 3.8) is 0 Å². The average molecular weight is 420 g/mol. The van der Waals surface area contributed by atoms with Gasteiger partial charge in [0.2, 0.25) is 0 Å². The molecule has 2 aromatic heterocycles. The number of hydrogen-bond acceptors (Lipinski definition) is 5. The maximum absolute atomic E-state index is 5.55. The number of benzene rings is 1. The highest BCUT2D eigenvalue weighted by Gasteiger charge is 2.17. The summed E-state index contributed by atoms with van der Waals surface area (Å²) >= 11 is 0. The molecule has 0 saturated carbocycles. The fourth-order valence-electron chi connectivity index (χ4n) is 4.39. The van der Waals surface area contributed by atoms with Gasteiger partial charge in [0.05, 0.1) is 49.9 Å². The first kappa shape index (κ1) is 20.2. The predicted molar refractivity (Wildman–Crippen MR) is 123 cm³/mol. The van der Waals surface area contributed by atoms with E-state index in [0.29, 0.717) is 13.2 Å². The van der Waals surface area contributed by atoms with E-state index in [9.17, 15) is 0 Å². The number of aromatic nitrogens is 2. The molecule has 0 unspecified atom stereocenters. The number of fused-ring (bicyclic) bond motifs is 1. The Morgan fingerprint density at radius 1 is 1.06 bits per heavy atom. The van der Waals surface area contributed by atoms with Crippen molar-refractivity contribution in [2.45, 2.75) is 13.0 Å². The van der Waals surface area contributed by atoms with Gasteiger partial charge in [0.1, 0.15) is 0 Å². The molecule has 6 nitrogen and oxygen atoms in total. The van der Waals surface area contributed by atoms with Crippen LogP contribution in [0.4, 0.5) is 5.69 Å². The number of morpholine rings is 1. The van der Waals surface area contributed by atoms with Crippen LogP contribution >= 0.6 is 0 Å². The van der Waals surface area contributed by atoms with Gasteiger partial charge in [0.25, 0.3) is 0 Å². The van der Waals surface area contributed by atoms with E-state index in [2.05, 4.69) is 58.1 Å². The summed E-state index contributed by atoms with van der Waals surface area (Å²) in [7, 11) is 1.74. The molecular weight excluding hydrogens is 390 g/mol. The minimum atomic E-state index is 0.652. The molecule has 0 radical (unpaired) electrons. The number of ether oxygens (including phenoxy) is 3. The average Bonchev–Trinajstić information content (AvgIpc) is 3.26. The normalized spacial score (nSPS) is 17.2. The Kier molecular flexibility index (Phi) is 6.02. The Bertz CT molecular complexity index is 1080. The van der Waals surface area contributed by atoms with E-state index < -0.39 is 0 Å². The summed E-state index contributed by atoms with van der Waals surface area (Å²) in [5.74, 6) is 0. The second-order valence-corrected chi connectivity index (χ2v) is 7.99. The second-order valence-electron chi connectivity index (χ2n) is 7.99.